The fourth-order valence-electron chi connectivity index (χ4n) is 3.76. The summed E-state index contributed by atoms with van der Waals surface area (Å²) in [5.74, 6) is -3.03. The number of carbonyl (C=O) groups is 4. The molecule has 0 heterocycles. The first-order valence-corrected chi connectivity index (χ1v) is 14.0. The van der Waals surface area contributed by atoms with Crippen molar-refractivity contribution in [3.05, 3.63) is 108 Å². The Morgan fingerprint density at radius 1 is 0.690 bits per heavy atom. The van der Waals surface area contributed by atoms with E-state index in [4.69, 9.17) is 23.8 Å². The van der Waals surface area contributed by atoms with Crippen LogP contribution in [0.1, 0.15) is 40.1 Å². The smallest absolute Gasteiger partial charge is 0.338 e. The highest BCUT2D eigenvalue weighted by atomic mass is 79.9. The van der Waals surface area contributed by atoms with Gasteiger partial charge < -0.3 is 23.8 Å². The summed E-state index contributed by atoms with van der Waals surface area (Å²) >= 11 is 3.30. The van der Waals surface area contributed by atoms with Gasteiger partial charge in [-0.1, -0.05) is 87.8 Å². The summed E-state index contributed by atoms with van der Waals surface area (Å²) in [6.45, 7) is 2.40. The minimum absolute atomic E-state index is 0.0304. The zero-order valence-corrected chi connectivity index (χ0v) is 24.5. The van der Waals surface area contributed by atoms with Crippen LogP contribution >= 0.6 is 15.9 Å². The van der Waals surface area contributed by atoms with Gasteiger partial charge in [-0.3, -0.25) is 9.59 Å². The number of ether oxygens (including phenoxy) is 4. The van der Waals surface area contributed by atoms with E-state index in [0.29, 0.717) is 0 Å². The zero-order valence-electron chi connectivity index (χ0n) is 23.0. The van der Waals surface area contributed by atoms with E-state index >= 15 is 0 Å². The van der Waals surface area contributed by atoms with Gasteiger partial charge in [0.15, 0.2) is 24.4 Å². The van der Waals surface area contributed by atoms with Gasteiger partial charge in [-0.05, 0) is 29.8 Å². The Morgan fingerprint density at radius 2 is 1.19 bits per heavy atom. The molecule has 0 saturated heterocycles. The Labute approximate surface area is 251 Å². The lowest BCUT2D eigenvalue weighted by atomic mass is 10.0. The predicted octanol–water partition coefficient (Wildman–Crippen LogP) is 4.90. The van der Waals surface area contributed by atoms with Crippen LogP contribution in [0.25, 0.3) is 0 Å². The van der Waals surface area contributed by atoms with E-state index in [1.165, 1.54) is 12.1 Å². The largest absolute Gasteiger partial charge is 0.454 e. The normalized spacial score (nSPS) is 13.7. The van der Waals surface area contributed by atoms with Gasteiger partial charge in [0.2, 0.25) is 0 Å². The summed E-state index contributed by atoms with van der Waals surface area (Å²) in [7, 11) is 0. The quantitative estimate of drug-likeness (QED) is 0.0795. The van der Waals surface area contributed by atoms with Crippen molar-refractivity contribution in [2.24, 2.45) is 5.16 Å². The number of benzene rings is 3. The van der Waals surface area contributed by atoms with Gasteiger partial charge in [0.05, 0.1) is 17.3 Å². The van der Waals surface area contributed by atoms with Crippen LogP contribution in [0.5, 0.6) is 0 Å². The van der Waals surface area contributed by atoms with Gasteiger partial charge in [0.25, 0.3) is 0 Å². The molecule has 42 heavy (non-hydrogen) atoms. The number of nitrogens with zero attached hydrogens (tertiary/aromatic N) is 1. The number of esters is 4. The molecule has 0 aliphatic carbocycles. The number of hydrogen-bond acceptors (Lipinski definition) is 10. The minimum atomic E-state index is -1.51. The van der Waals surface area contributed by atoms with Crippen molar-refractivity contribution in [1.29, 1.82) is 0 Å². The second kappa shape index (κ2) is 16.7. The highest BCUT2D eigenvalue weighted by Crippen LogP contribution is 2.22. The molecule has 0 aliphatic heterocycles. The van der Waals surface area contributed by atoms with Crippen LogP contribution in [0.4, 0.5) is 0 Å². The average Bonchev–Trinajstić information content (AvgIpc) is 3.00. The third-order valence-corrected chi connectivity index (χ3v) is 6.29. The molecule has 0 bridgehead atoms. The predicted molar refractivity (Wildman–Crippen MR) is 156 cm³/mol. The van der Waals surface area contributed by atoms with Crippen molar-refractivity contribution >= 4 is 46.0 Å². The number of alkyl halides is 1. The fourth-order valence-corrected chi connectivity index (χ4v) is 4.26. The van der Waals surface area contributed by atoms with Crippen LogP contribution in [0.2, 0.25) is 0 Å². The van der Waals surface area contributed by atoms with Crippen molar-refractivity contribution in [3.63, 3.8) is 0 Å². The van der Waals surface area contributed by atoms with Gasteiger partial charge in [0.1, 0.15) is 6.61 Å². The Kier molecular flexibility index (Phi) is 12.7. The number of halogens is 1. The molecule has 3 aromatic rings. The monoisotopic (exact) mass is 639 g/mol. The van der Waals surface area contributed by atoms with Gasteiger partial charge >= 0.3 is 23.9 Å². The molecule has 3 rings (SSSR count). The summed E-state index contributed by atoms with van der Waals surface area (Å²) in [4.78, 5) is 55.9. The van der Waals surface area contributed by atoms with Crippen molar-refractivity contribution in [3.8, 4) is 0 Å². The maximum Gasteiger partial charge on any atom is 0.338 e. The number of carbonyl (C=O) groups excluding carboxylic acids is 4. The molecular weight excluding hydrogens is 610 g/mol. The highest BCUT2D eigenvalue weighted by molar-refractivity contribution is 9.09. The lowest BCUT2D eigenvalue weighted by Gasteiger charge is -2.34. The third-order valence-electron chi connectivity index (χ3n) is 5.65. The topological polar surface area (TPSA) is 127 Å². The Morgan fingerprint density at radius 3 is 1.69 bits per heavy atom. The average molecular weight is 640 g/mol. The molecule has 0 fully saturated rings. The van der Waals surface area contributed by atoms with E-state index in [2.05, 4.69) is 21.1 Å². The summed E-state index contributed by atoms with van der Waals surface area (Å²) in [5.41, 5.74) is 1.26. The highest BCUT2D eigenvalue weighted by Gasteiger charge is 2.43. The number of oxime groups is 1. The number of hydrogen-bond donors (Lipinski definition) is 0. The maximum absolute atomic E-state index is 13.2. The molecule has 0 aromatic heterocycles. The van der Waals surface area contributed by atoms with Crippen LogP contribution < -0.4 is 0 Å². The summed E-state index contributed by atoms with van der Waals surface area (Å²) < 4.78 is 22.5. The molecular formula is C31H30BrNO9. The minimum Gasteiger partial charge on any atom is -0.454 e. The molecule has 10 nitrogen and oxygen atoms in total. The van der Waals surface area contributed by atoms with Crippen LogP contribution in [0, 0.1) is 0 Å². The fraction of sp³-hybridized carbons (Fsp3) is 0.258. The van der Waals surface area contributed by atoms with E-state index in [0.717, 1.165) is 25.6 Å². The second-order valence-corrected chi connectivity index (χ2v) is 9.51. The van der Waals surface area contributed by atoms with Crippen molar-refractivity contribution < 1.29 is 43.0 Å². The maximum atomic E-state index is 13.2. The van der Waals surface area contributed by atoms with Crippen molar-refractivity contribution in [2.75, 3.05) is 5.33 Å². The van der Waals surface area contributed by atoms with Gasteiger partial charge in [-0.2, -0.15) is 0 Å². The summed E-state index contributed by atoms with van der Waals surface area (Å²) in [6.07, 6.45) is -4.43. The Hall–Kier alpha value is -4.51. The molecule has 0 spiro atoms. The molecule has 3 aromatic carbocycles. The molecule has 11 heteroatoms. The molecule has 0 radical (unpaired) electrons. The third kappa shape index (κ3) is 10.2. The lowest BCUT2D eigenvalue weighted by Crippen LogP contribution is -2.53. The van der Waals surface area contributed by atoms with E-state index < -0.39 is 48.3 Å². The molecule has 220 valence electrons. The summed E-state index contributed by atoms with van der Waals surface area (Å²) in [5, 5.41) is 3.89. The molecule has 0 N–H and O–H groups in total. The van der Waals surface area contributed by atoms with Crippen LogP contribution in [-0.2, 0) is 40.0 Å². The summed E-state index contributed by atoms with van der Waals surface area (Å²) in [6, 6.07) is 25.4. The first kappa shape index (κ1) is 32.0. The first-order valence-electron chi connectivity index (χ1n) is 12.9. The molecule has 0 unspecified atom stereocenters. The van der Waals surface area contributed by atoms with E-state index in [1.54, 1.807) is 48.5 Å². The van der Waals surface area contributed by atoms with Crippen molar-refractivity contribution in [2.45, 2.75) is 44.9 Å². The molecule has 0 aliphatic rings. The van der Waals surface area contributed by atoms with E-state index in [-0.39, 0.29) is 23.1 Å². The van der Waals surface area contributed by atoms with Crippen LogP contribution in [0.15, 0.2) is 96.2 Å². The van der Waals surface area contributed by atoms with E-state index in [1.807, 2.05) is 30.3 Å². The molecule has 0 amide bonds. The van der Waals surface area contributed by atoms with E-state index in [9.17, 15) is 19.2 Å². The lowest BCUT2D eigenvalue weighted by molar-refractivity contribution is -0.171. The van der Waals surface area contributed by atoms with Gasteiger partial charge in [-0.25, -0.2) is 9.59 Å². The Balaban J connectivity index is 1.97. The SMILES string of the molecule is CC(=O)O[C@@H]([C@H](OC(=O)c1ccccc1)[C@H](/C=N\OCc1ccccc1)OC(C)=O)[C@@H](CBr)OC(=O)c1ccccc1. The zero-order chi connectivity index (χ0) is 30.3. The van der Waals surface area contributed by atoms with Gasteiger partial charge in [-0.15, -0.1) is 0 Å². The van der Waals surface area contributed by atoms with Crippen LogP contribution in [0.3, 0.4) is 0 Å². The first-order chi connectivity index (χ1) is 20.3. The molecule has 4 atom stereocenters. The molecule has 0 saturated carbocycles. The van der Waals surface area contributed by atoms with Gasteiger partial charge in [0, 0.05) is 19.2 Å². The number of rotatable bonds is 14. The standard InChI is InChI=1S/C31H30BrNO9/c1-21(34)39-27(19-33-38-20-23-12-6-3-7-13-23)29(42-31(37)25-16-10-5-11-17-25)28(40-22(2)35)26(18-32)41-30(36)24-14-8-4-9-15-24/h3-17,19,26-29H,18,20H2,1-2H3/b33-19-/t26-,27+,28-,29-/m1/s1. The Bertz CT molecular complexity index is 1340. The second-order valence-electron chi connectivity index (χ2n) is 8.86. The van der Waals surface area contributed by atoms with Crippen LogP contribution in [-0.4, -0.2) is 59.8 Å². The van der Waals surface area contributed by atoms with Crippen molar-refractivity contribution in [1.82, 2.24) is 0 Å².